The molecule has 0 unspecified atom stereocenters. The van der Waals surface area contributed by atoms with E-state index >= 15 is 0 Å². The Kier molecular flexibility index (Phi) is 7.44. The summed E-state index contributed by atoms with van der Waals surface area (Å²) in [6.07, 6.45) is 0.672. The van der Waals surface area contributed by atoms with Crippen LogP contribution in [0.25, 0.3) is 16.6 Å². The largest absolute Gasteiger partial charge is 0.385 e. The van der Waals surface area contributed by atoms with E-state index in [-0.39, 0.29) is 17.2 Å². The Morgan fingerprint density at radius 2 is 1.88 bits per heavy atom. The Hall–Kier alpha value is -3.43. The van der Waals surface area contributed by atoms with Crippen molar-refractivity contribution >= 4 is 34.4 Å². The Morgan fingerprint density at radius 1 is 1.12 bits per heavy atom. The fourth-order valence-electron chi connectivity index (χ4n) is 3.60. The maximum Gasteiger partial charge on any atom is 0.262 e. The molecule has 1 amide bonds. The lowest BCUT2D eigenvalue weighted by atomic mass is 10.2. The SMILES string of the molecule is COCCCn1c(SCC(=O)Nc2cc(C)nn2-c2ccc(C)cc2)nc2ccccc2c1=O. The van der Waals surface area contributed by atoms with E-state index in [1.807, 2.05) is 62.4 Å². The zero-order chi connectivity index (χ0) is 24.1. The number of nitrogens with one attached hydrogen (secondary N) is 1. The zero-order valence-electron chi connectivity index (χ0n) is 19.4. The van der Waals surface area contributed by atoms with Gasteiger partial charge in [-0.25, -0.2) is 9.67 Å². The molecule has 2 aromatic heterocycles. The van der Waals surface area contributed by atoms with Crippen molar-refractivity contribution in [1.29, 1.82) is 0 Å². The van der Waals surface area contributed by atoms with Crippen molar-refractivity contribution in [3.63, 3.8) is 0 Å². The molecule has 8 nitrogen and oxygen atoms in total. The quantitative estimate of drug-likeness (QED) is 0.223. The number of carbonyl (C=O) groups is 1. The predicted molar refractivity (Wildman–Crippen MR) is 135 cm³/mol. The third kappa shape index (κ3) is 5.37. The fraction of sp³-hybridized carbons (Fsp3) is 0.280. The highest BCUT2D eigenvalue weighted by atomic mass is 32.2. The van der Waals surface area contributed by atoms with E-state index in [1.165, 1.54) is 11.8 Å². The summed E-state index contributed by atoms with van der Waals surface area (Å²) in [5.74, 6) is 0.493. The minimum absolute atomic E-state index is 0.104. The van der Waals surface area contributed by atoms with Crippen LogP contribution in [0.4, 0.5) is 5.82 Å². The van der Waals surface area contributed by atoms with Crippen molar-refractivity contribution in [2.45, 2.75) is 32.0 Å². The number of ether oxygens (including phenoxy) is 1. The number of nitrogens with zero attached hydrogens (tertiary/aromatic N) is 4. The molecule has 4 rings (SSSR count). The highest BCUT2D eigenvalue weighted by molar-refractivity contribution is 7.99. The van der Waals surface area contributed by atoms with Gasteiger partial charge in [-0.15, -0.1) is 0 Å². The van der Waals surface area contributed by atoms with Crippen LogP contribution in [0.3, 0.4) is 0 Å². The van der Waals surface area contributed by atoms with Crippen LogP contribution in [0, 0.1) is 13.8 Å². The molecule has 0 atom stereocenters. The fourth-order valence-corrected chi connectivity index (χ4v) is 4.43. The van der Waals surface area contributed by atoms with Crippen LogP contribution >= 0.6 is 11.8 Å². The molecular weight excluding hydrogens is 450 g/mol. The lowest BCUT2D eigenvalue weighted by molar-refractivity contribution is -0.113. The van der Waals surface area contributed by atoms with Crippen molar-refractivity contribution in [2.24, 2.45) is 0 Å². The van der Waals surface area contributed by atoms with E-state index in [9.17, 15) is 9.59 Å². The smallest absolute Gasteiger partial charge is 0.262 e. The van der Waals surface area contributed by atoms with Crippen LogP contribution in [-0.2, 0) is 16.1 Å². The molecule has 2 aromatic carbocycles. The van der Waals surface area contributed by atoms with E-state index < -0.39 is 0 Å². The summed E-state index contributed by atoms with van der Waals surface area (Å²) in [6, 6.07) is 17.0. The van der Waals surface area contributed by atoms with E-state index in [0.29, 0.717) is 41.4 Å². The highest BCUT2D eigenvalue weighted by Crippen LogP contribution is 2.21. The number of benzene rings is 2. The van der Waals surface area contributed by atoms with Crippen molar-refractivity contribution in [3.05, 3.63) is 76.2 Å². The lowest BCUT2D eigenvalue weighted by Gasteiger charge is -2.13. The normalized spacial score (nSPS) is 11.1. The van der Waals surface area contributed by atoms with Crippen molar-refractivity contribution < 1.29 is 9.53 Å². The van der Waals surface area contributed by atoms with Crippen LogP contribution in [-0.4, -0.2) is 44.7 Å². The second-order valence-corrected chi connectivity index (χ2v) is 8.91. The van der Waals surface area contributed by atoms with Crippen LogP contribution in [0.5, 0.6) is 0 Å². The molecule has 0 bridgehead atoms. The molecule has 0 fully saturated rings. The van der Waals surface area contributed by atoms with Gasteiger partial charge in [0, 0.05) is 26.3 Å². The number of hydrogen-bond acceptors (Lipinski definition) is 6. The van der Waals surface area contributed by atoms with Crippen molar-refractivity contribution in [3.8, 4) is 5.69 Å². The standard InChI is InChI=1S/C25H27N5O3S/c1-17-9-11-19(12-10-17)30-22(15-18(2)28-30)27-23(31)16-34-25-26-21-8-5-4-7-20(21)24(32)29(25)13-6-14-33-3/h4-5,7-12,15H,6,13-14,16H2,1-3H3,(H,27,31). The second-order valence-electron chi connectivity index (χ2n) is 7.97. The molecule has 0 aliphatic rings. The molecule has 0 aliphatic heterocycles. The summed E-state index contributed by atoms with van der Waals surface area (Å²) in [4.78, 5) is 30.6. The van der Waals surface area contributed by atoms with Crippen LogP contribution in [0.1, 0.15) is 17.7 Å². The van der Waals surface area contributed by atoms with Gasteiger partial charge in [0.1, 0.15) is 5.82 Å². The average molecular weight is 478 g/mol. The lowest BCUT2D eigenvalue weighted by Crippen LogP contribution is -2.25. The number of amides is 1. The van der Waals surface area contributed by atoms with Gasteiger partial charge in [-0.1, -0.05) is 41.6 Å². The van der Waals surface area contributed by atoms with Gasteiger partial charge in [0.2, 0.25) is 5.91 Å². The molecule has 2 heterocycles. The Bertz CT molecular complexity index is 1360. The molecular formula is C25H27N5O3S. The van der Waals surface area contributed by atoms with Gasteiger partial charge < -0.3 is 10.1 Å². The minimum Gasteiger partial charge on any atom is -0.385 e. The van der Waals surface area contributed by atoms with Gasteiger partial charge in [-0.2, -0.15) is 5.10 Å². The number of rotatable bonds is 9. The first-order valence-corrected chi connectivity index (χ1v) is 12.0. The Balaban J connectivity index is 1.53. The molecule has 0 aliphatic carbocycles. The zero-order valence-corrected chi connectivity index (χ0v) is 20.3. The van der Waals surface area contributed by atoms with E-state index in [2.05, 4.69) is 15.4 Å². The molecule has 0 radical (unpaired) electrons. The first-order chi connectivity index (χ1) is 16.5. The number of aryl methyl sites for hydroxylation is 2. The number of para-hydroxylation sites is 1. The molecule has 9 heteroatoms. The van der Waals surface area contributed by atoms with E-state index in [1.54, 1.807) is 22.4 Å². The number of aromatic nitrogens is 4. The monoisotopic (exact) mass is 477 g/mol. The van der Waals surface area contributed by atoms with Gasteiger partial charge in [-0.3, -0.25) is 14.2 Å². The first-order valence-electron chi connectivity index (χ1n) is 11.0. The summed E-state index contributed by atoms with van der Waals surface area (Å²) in [5, 5.41) is 8.53. The summed E-state index contributed by atoms with van der Waals surface area (Å²) in [5.41, 5.74) is 3.31. The number of thioether (sulfide) groups is 1. The third-order valence-electron chi connectivity index (χ3n) is 5.27. The van der Waals surface area contributed by atoms with E-state index in [0.717, 1.165) is 16.9 Å². The number of hydrogen-bond donors (Lipinski definition) is 1. The number of fused-ring (bicyclic) bond motifs is 1. The van der Waals surface area contributed by atoms with Gasteiger partial charge in [0.25, 0.3) is 5.56 Å². The van der Waals surface area contributed by atoms with Crippen molar-refractivity contribution in [2.75, 3.05) is 24.8 Å². The molecule has 176 valence electrons. The van der Waals surface area contributed by atoms with E-state index in [4.69, 9.17) is 4.74 Å². The van der Waals surface area contributed by atoms with Gasteiger partial charge in [-0.05, 0) is 44.5 Å². The molecule has 1 N–H and O–H groups in total. The minimum atomic E-state index is -0.205. The average Bonchev–Trinajstić information content (AvgIpc) is 3.19. The maximum absolute atomic E-state index is 13.1. The number of anilines is 1. The van der Waals surface area contributed by atoms with Crippen molar-refractivity contribution in [1.82, 2.24) is 19.3 Å². The molecule has 0 saturated carbocycles. The van der Waals surface area contributed by atoms with Gasteiger partial charge in [0.15, 0.2) is 5.16 Å². The Morgan fingerprint density at radius 3 is 2.65 bits per heavy atom. The molecule has 0 saturated heterocycles. The summed E-state index contributed by atoms with van der Waals surface area (Å²) in [7, 11) is 1.63. The third-order valence-corrected chi connectivity index (χ3v) is 6.24. The predicted octanol–water partition coefficient (Wildman–Crippen LogP) is 3.97. The number of carbonyl (C=O) groups excluding carboxylic acids is 1. The van der Waals surface area contributed by atoms with Gasteiger partial charge in [0.05, 0.1) is 28.0 Å². The highest BCUT2D eigenvalue weighted by Gasteiger charge is 2.15. The summed E-state index contributed by atoms with van der Waals surface area (Å²) >= 11 is 1.24. The van der Waals surface area contributed by atoms with Crippen LogP contribution in [0.15, 0.2) is 64.5 Å². The molecule has 4 aromatic rings. The summed E-state index contributed by atoms with van der Waals surface area (Å²) < 4.78 is 8.48. The first kappa shape index (κ1) is 23.7. The second kappa shape index (κ2) is 10.7. The number of methoxy groups -OCH3 is 1. The molecule has 0 spiro atoms. The topological polar surface area (TPSA) is 91.0 Å². The maximum atomic E-state index is 13.1. The van der Waals surface area contributed by atoms with Gasteiger partial charge >= 0.3 is 0 Å². The Labute approximate surface area is 202 Å². The molecule has 34 heavy (non-hydrogen) atoms. The summed E-state index contributed by atoms with van der Waals surface area (Å²) in [6.45, 7) is 4.90. The van der Waals surface area contributed by atoms with Crippen LogP contribution < -0.4 is 10.9 Å². The van der Waals surface area contributed by atoms with Crippen LogP contribution in [0.2, 0.25) is 0 Å².